The summed E-state index contributed by atoms with van der Waals surface area (Å²) >= 11 is 6.21. The molecule has 0 aromatic carbocycles. The number of aliphatic hydroxyl groups is 2. The second kappa shape index (κ2) is 5.99. The third kappa shape index (κ3) is 2.73. The standard InChI is InChI=1S/C12H12ClFN2O5/c13-12(3-1-4-14)9(19)7(6-17)21-10(12)16-5-2-8(18)15-11(16)20/h2,5,7,9-10,17,19H,4,6H2,(H,15,18,20)/t7-,9?,10-,12-/m1/s1. The van der Waals surface area contributed by atoms with E-state index in [1.54, 1.807) is 0 Å². The lowest BCUT2D eigenvalue weighted by molar-refractivity contribution is -0.0464. The molecule has 1 aromatic rings. The average Bonchev–Trinajstić information content (AvgIpc) is 2.70. The first-order valence-electron chi connectivity index (χ1n) is 5.94. The maximum absolute atomic E-state index is 12.3. The predicted molar refractivity (Wildman–Crippen MR) is 70.7 cm³/mol. The van der Waals surface area contributed by atoms with Crippen LogP contribution < -0.4 is 11.2 Å². The molecule has 2 heterocycles. The van der Waals surface area contributed by atoms with Crippen LogP contribution in [0.15, 0.2) is 21.9 Å². The van der Waals surface area contributed by atoms with E-state index in [0.717, 1.165) is 16.8 Å². The van der Waals surface area contributed by atoms with Crippen molar-refractivity contribution in [3.05, 3.63) is 33.1 Å². The van der Waals surface area contributed by atoms with Crippen LogP contribution in [0.2, 0.25) is 0 Å². The van der Waals surface area contributed by atoms with E-state index in [-0.39, 0.29) is 0 Å². The molecule has 21 heavy (non-hydrogen) atoms. The summed E-state index contributed by atoms with van der Waals surface area (Å²) < 4.78 is 18.5. The number of alkyl halides is 2. The zero-order valence-electron chi connectivity index (χ0n) is 10.6. The molecular formula is C12H12ClFN2O5. The quantitative estimate of drug-likeness (QED) is 0.466. The van der Waals surface area contributed by atoms with Gasteiger partial charge >= 0.3 is 5.69 Å². The van der Waals surface area contributed by atoms with Gasteiger partial charge in [0.2, 0.25) is 0 Å². The average molecular weight is 319 g/mol. The summed E-state index contributed by atoms with van der Waals surface area (Å²) in [6, 6.07) is 1.06. The van der Waals surface area contributed by atoms with E-state index in [1.807, 2.05) is 4.98 Å². The molecular weight excluding hydrogens is 307 g/mol. The maximum Gasteiger partial charge on any atom is 0.330 e. The fourth-order valence-electron chi connectivity index (χ4n) is 2.08. The van der Waals surface area contributed by atoms with E-state index in [2.05, 4.69) is 11.8 Å². The number of nitrogens with zero attached hydrogens (tertiary/aromatic N) is 1. The first kappa shape index (κ1) is 15.7. The highest BCUT2D eigenvalue weighted by molar-refractivity contribution is 6.27. The van der Waals surface area contributed by atoms with Gasteiger partial charge in [-0.15, -0.1) is 0 Å². The molecule has 1 fully saturated rings. The Morgan fingerprint density at radius 3 is 2.86 bits per heavy atom. The molecule has 1 aromatic heterocycles. The molecule has 0 saturated carbocycles. The number of ether oxygens (including phenoxy) is 1. The summed E-state index contributed by atoms with van der Waals surface area (Å²) in [7, 11) is 0. The summed E-state index contributed by atoms with van der Waals surface area (Å²) in [5, 5.41) is 19.2. The van der Waals surface area contributed by atoms with Crippen LogP contribution in [0.4, 0.5) is 4.39 Å². The third-order valence-corrected chi connectivity index (χ3v) is 3.58. The highest BCUT2D eigenvalue weighted by Gasteiger charge is 2.55. The van der Waals surface area contributed by atoms with Gasteiger partial charge in [0, 0.05) is 12.3 Å². The van der Waals surface area contributed by atoms with Crippen molar-refractivity contribution in [2.45, 2.75) is 23.3 Å². The van der Waals surface area contributed by atoms with Crippen molar-refractivity contribution < 1.29 is 19.3 Å². The van der Waals surface area contributed by atoms with Gasteiger partial charge in [-0.3, -0.25) is 14.3 Å². The molecule has 1 aliphatic rings. The molecule has 0 aliphatic carbocycles. The molecule has 0 spiro atoms. The van der Waals surface area contributed by atoms with Crippen LogP contribution in [0.5, 0.6) is 0 Å². The van der Waals surface area contributed by atoms with Crippen molar-refractivity contribution in [3.8, 4) is 11.8 Å². The zero-order chi connectivity index (χ0) is 15.6. The molecule has 0 bridgehead atoms. The van der Waals surface area contributed by atoms with Crippen molar-refractivity contribution in [1.29, 1.82) is 0 Å². The number of aromatic amines is 1. The third-order valence-electron chi connectivity index (χ3n) is 3.08. The minimum Gasteiger partial charge on any atom is -0.394 e. The van der Waals surface area contributed by atoms with Gasteiger partial charge in [-0.25, -0.2) is 9.18 Å². The van der Waals surface area contributed by atoms with Gasteiger partial charge in [0.1, 0.15) is 18.9 Å². The van der Waals surface area contributed by atoms with Crippen LogP contribution in [0, 0.1) is 11.8 Å². The monoisotopic (exact) mass is 318 g/mol. The Morgan fingerprint density at radius 2 is 2.29 bits per heavy atom. The van der Waals surface area contributed by atoms with E-state index in [9.17, 15) is 19.1 Å². The smallest absolute Gasteiger partial charge is 0.330 e. The number of halogens is 2. The molecule has 7 nitrogen and oxygen atoms in total. The Hall–Kier alpha value is -1.66. The van der Waals surface area contributed by atoms with Gasteiger partial charge in [0.05, 0.1) is 6.61 Å². The normalized spacial score (nSPS) is 31.7. The topological polar surface area (TPSA) is 105 Å². The van der Waals surface area contributed by atoms with E-state index >= 15 is 0 Å². The molecule has 3 N–H and O–H groups in total. The SMILES string of the molecule is O=c1ccn([C@@H]2O[C@H](CO)C(O)[C@]2(Cl)C#CCF)c(=O)[nH]1. The maximum atomic E-state index is 12.3. The Kier molecular flexibility index (Phi) is 4.49. The molecule has 0 radical (unpaired) electrons. The van der Waals surface area contributed by atoms with Crippen LogP contribution in [-0.2, 0) is 4.74 Å². The molecule has 4 atom stereocenters. The van der Waals surface area contributed by atoms with Gasteiger partial charge in [0.15, 0.2) is 11.1 Å². The second-order valence-corrected chi connectivity index (χ2v) is 5.00. The van der Waals surface area contributed by atoms with Gasteiger partial charge in [-0.1, -0.05) is 23.4 Å². The summed E-state index contributed by atoms with van der Waals surface area (Å²) in [5.41, 5.74) is -1.45. The van der Waals surface area contributed by atoms with E-state index in [0.29, 0.717) is 0 Å². The summed E-state index contributed by atoms with van der Waals surface area (Å²) in [5.74, 6) is 4.39. The lowest BCUT2D eigenvalue weighted by atomic mass is 9.99. The zero-order valence-corrected chi connectivity index (χ0v) is 11.4. The van der Waals surface area contributed by atoms with E-state index < -0.39 is 47.8 Å². The van der Waals surface area contributed by atoms with Gasteiger partial charge in [-0.2, -0.15) is 0 Å². The number of aromatic nitrogens is 2. The minimum atomic E-state index is -1.83. The molecule has 1 saturated heterocycles. The van der Waals surface area contributed by atoms with Crippen molar-refractivity contribution in [2.24, 2.45) is 0 Å². The van der Waals surface area contributed by atoms with Crippen molar-refractivity contribution in [1.82, 2.24) is 9.55 Å². The van der Waals surface area contributed by atoms with E-state index in [1.165, 1.54) is 0 Å². The van der Waals surface area contributed by atoms with E-state index in [4.69, 9.17) is 21.4 Å². The number of aliphatic hydroxyl groups excluding tert-OH is 2. The molecule has 9 heteroatoms. The molecule has 1 unspecified atom stereocenters. The van der Waals surface area contributed by atoms with Crippen LogP contribution in [-0.4, -0.2) is 50.1 Å². The number of hydrogen-bond acceptors (Lipinski definition) is 5. The first-order valence-corrected chi connectivity index (χ1v) is 6.32. The molecule has 2 rings (SSSR count). The number of hydrogen-bond donors (Lipinski definition) is 3. The highest BCUT2D eigenvalue weighted by Crippen LogP contribution is 2.42. The number of rotatable bonds is 2. The van der Waals surface area contributed by atoms with Crippen molar-refractivity contribution in [3.63, 3.8) is 0 Å². The highest BCUT2D eigenvalue weighted by atomic mass is 35.5. The van der Waals surface area contributed by atoms with Crippen LogP contribution in [0.1, 0.15) is 6.23 Å². The Morgan fingerprint density at radius 1 is 1.57 bits per heavy atom. The number of H-pyrrole nitrogens is 1. The first-order chi connectivity index (χ1) is 9.93. The van der Waals surface area contributed by atoms with Crippen molar-refractivity contribution in [2.75, 3.05) is 13.3 Å². The lowest BCUT2D eigenvalue weighted by Crippen LogP contribution is -2.44. The fourth-order valence-corrected chi connectivity index (χ4v) is 2.45. The largest absolute Gasteiger partial charge is 0.394 e. The Bertz CT molecular complexity index is 693. The number of nitrogens with one attached hydrogen (secondary N) is 1. The second-order valence-electron chi connectivity index (χ2n) is 4.38. The van der Waals surface area contributed by atoms with Crippen LogP contribution in [0.3, 0.4) is 0 Å². The van der Waals surface area contributed by atoms with Crippen LogP contribution >= 0.6 is 11.6 Å². The lowest BCUT2D eigenvalue weighted by Gasteiger charge is -2.25. The van der Waals surface area contributed by atoms with Gasteiger partial charge in [0.25, 0.3) is 5.56 Å². The van der Waals surface area contributed by atoms with Gasteiger partial charge in [-0.05, 0) is 0 Å². The fraction of sp³-hybridized carbons (Fsp3) is 0.500. The summed E-state index contributed by atoms with van der Waals surface area (Å²) in [4.78, 5) is 23.0. The molecule has 1 aliphatic heterocycles. The molecule has 114 valence electrons. The molecule has 0 amide bonds. The summed E-state index contributed by atoms with van der Waals surface area (Å²) in [6.45, 7) is -1.57. The Labute approximate surface area is 122 Å². The Balaban J connectivity index is 2.53. The minimum absolute atomic E-state index is 0.568. The van der Waals surface area contributed by atoms with Crippen molar-refractivity contribution >= 4 is 11.6 Å². The summed E-state index contributed by atoms with van der Waals surface area (Å²) in [6.07, 6.45) is -2.73. The van der Waals surface area contributed by atoms with Crippen LogP contribution in [0.25, 0.3) is 0 Å². The van der Waals surface area contributed by atoms with Gasteiger partial charge < -0.3 is 14.9 Å². The predicted octanol–water partition coefficient (Wildman–Crippen LogP) is -1.26.